The Bertz CT molecular complexity index is 909. The van der Waals surface area contributed by atoms with Gasteiger partial charge in [0.15, 0.2) is 11.2 Å². The van der Waals surface area contributed by atoms with E-state index in [2.05, 4.69) is 10.3 Å². The van der Waals surface area contributed by atoms with E-state index >= 15 is 0 Å². The number of hydrogen-bond donors (Lipinski definition) is 1. The van der Waals surface area contributed by atoms with Crippen molar-refractivity contribution in [1.29, 1.82) is 0 Å². The van der Waals surface area contributed by atoms with Crippen LogP contribution in [0.4, 0.5) is 0 Å². The summed E-state index contributed by atoms with van der Waals surface area (Å²) >= 11 is 0. The van der Waals surface area contributed by atoms with Gasteiger partial charge in [-0.25, -0.2) is 14.3 Å². The number of amides is 1. The van der Waals surface area contributed by atoms with Crippen LogP contribution in [0, 0.1) is 0 Å². The van der Waals surface area contributed by atoms with E-state index in [4.69, 9.17) is 9.15 Å². The van der Waals surface area contributed by atoms with Gasteiger partial charge in [0.25, 0.3) is 0 Å². The predicted molar refractivity (Wildman–Crippen MR) is 84.3 cm³/mol. The third-order valence-corrected chi connectivity index (χ3v) is 3.48. The maximum atomic E-state index is 11.9. The minimum absolute atomic E-state index is 0.138. The van der Waals surface area contributed by atoms with Crippen LogP contribution < -0.4 is 15.8 Å². The Morgan fingerprint density at radius 3 is 2.65 bits per heavy atom. The number of nitrogens with zero attached hydrogens (tertiary/aromatic N) is 2. The molecule has 0 aliphatic heterocycles. The number of hydrogen-bond acceptors (Lipinski definition) is 5. The first-order valence-corrected chi connectivity index (χ1v) is 6.98. The number of ether oxygens (including phenoxy) is 1. The highest BCUT2D eigenvalue weighted by atomic mass is 16.5. The molecule has 7 nitrogen and oxygen atoms in total. The van der Waals surface area contributed by atoms with Crippen molar-refractivity contribution in [1.82, 2.24) is 14.9 Å². The van der Waals surface area contributed by atoms with Crippen LogP contribution in [0.2, 0.25) is 0 Å². The second kappa shape index (κ2) is 5.96. The normalized spacial score (nSPS) is 10.7. The molecular weight excluding hydrogens is 298 g/mol. The van der Waals surface area contributed by atoms with E-state index in [0.717, 1.165) is 11.3 Å². The van der Waals surface area contributed by atoms with E-state index in [0.29, 0.717) is 16.9 Å². The third kappa shape index (κ3) is 2.80. The number of methoxy groups -OCH3 is 1. The molecule has 0 radical (unpaired) electrons. The average molecular weight is 313 g/mol. The van der Waals surface area contributed by atoms with Crippen molar-refractivity contribution in [2.75, 3.05) is 14.2 Å². The summed E-state index contributed by atoms with van der Waals surface area (Å²) in [4.78, 5) is 27.9. The summed E-state index contributed by atoms with van der Waals surface area (Å²) < 4.78 is 11.5. The molecule has 1 N–H and O–H groups in total. The Kier molecular flexibility index (Phi) is 3.84. The summed E-state index contributed by atoms with van der Waals surface area (Å²) in [5.41, 5.74) is 2.22. The SMILES string of the molecule is CNC(=O)Cn1c(=O)oc2ccc(-c3ccc(OC)cc3)nc21. The minimum Gasteiger partial charge on any atom is -0.497 e. The fraction of sp³-hybridized carbons (Fsp3) is 0.188. The summed E-state index contributed by atoms with van der Waals surface area (Å²) in [5.74, 6) is -0.163. The van der Waals surface area contributed by atoms with E-state index in [1.165, 1.54) is 11.6 Å². The number of rotatable bonds is 4. The first kappa shape index (κ1) is 14.8. The molecule has 0 atom stereocenters. The lowest BCUT2D eigenvalue weighted by Gasteiger charge is -2.04. The fourth-order valence-corrected chi connectivity index (χ4v) is 2.23. The molecule has 3 aromatic rings. The van der Waals surface area contributed by atoms with E-state index in [1.54, 1.807) is 19.2 Å². The number of pyridine rings is 1. The van der Waals surface area contributed by atoms with Crippen molar-refractivity contribution < 1.29 is 13.9 Å². The topological polar surface area (TPSA) is 86.4 Å². The molecule has 0 unspecified atom stereocenters. The quantitative estimate of drug-likeness (QED) is 0.787. The molecule has 0 spiro atoms. The van der Waals surface area contributed by atoms with Gasteiger partial charge < -0.3 is 14.5 Å². The Morgan fingerprint density at radius 2 is 2.00 bits per heavy atom. The maximum Gasteiger partial charge on any atom is 0.421 e. The second-order valence-electron chi connectivity index (χ2n) is 4.87. The molecule has 1 amide bonds. The van der Waals surface area contributed by atoms with Crippen molar-refractivity contribution in [3.8, 4) is 17.0 Å². The molecule has 0 fully saturated rings. The van der Waals surface area contributed by atoms with Gasteiger partial charge in [0, 0.05) is 12.6 Å². The van der Waals surface area contributed by atoms with E-state index in [1.807, 2.05) is 24.3 Å². The van der Waals surface area contributed by atoms with Gasteiger partial charge in [-0.15, -0.1) is 0 Å². The number of likely N-dealkylation sites (N-methyl/N-ethyl adjacent to an activating group) is 1. The Balaban J connectivity index is 2.07. The van der Waals surface area contributed by atoms with Crippen LogP contribution in [0.3, 0.4) is 0 Å². The average Bonchev–Trinajstić information content (AvgIpc) is 2.89. The van der Waals surface area contributed by atoms with E-state index < -0.39 is 5.76 Å². The molecule has 0 aliphatic carbocycles. The van der Waals surface area contributed by atoms with Gasteiger partial charge in [0.2, 0.25) is 5.91 Å². The molecule has 118 valence electrons. The van der Waals surface area contributed by atoms with Gasteiger partial charge in [0.1, 0.15) is 12.3 Å². The highest BCUT2D eigenvalue weighted by molar-refractivity contribution is 5.79. The van der Waals surface area contributed by atoms with Gasteiger partial charge in [-0.2, -0.15) is 0 Å². The molecule has 0 saturated heterocycles. The molecule has 0 saturated carbocycles. The van der Waals surface area contributed by atoms with E-state index in [-0.39, 0.29) is 12.5 Å². The lowest BCUT2D eigenvalue weighted by atomic mass is 10.1. The Labute approximate surface area is 131 Å². The van der Waals surface area contributed by atoms with Gasteiger partial charge >= 0.3 is 5.76 Å². The number of carbonyl (C=O) groups is 1. The largest absolute Gasteiger partial charge is 0.497 e. The molecule has 3 rings (SSSR count). The molecule has 0 aliphatic rings. The predicted octanol–water partition coefficient (Wildman–Crippen LogP) is 1.41. The number of benzene rings is 1. The third-order valence-electron chi connectivity index (χ3n) is 3.48. The van der Waals surface area contributed by atoms with E-state index in [9.17, 15) is 9.59 Å². The smallest absolute Gasteiger partial charge is 0.421 e. The Hall–Kier alpha value is -3.09. The summed E-state index contributed by atoms with van der Waals surface area (Å²) in [5, 5.41) is 2.47. The molecule has 1 aromatic carbocycles. The minimum atomic E-state index is -0.608. The van der Waals surface area contributed by atoms with Gasteiger partial charge in [-0.3, -0.25) is 4.79 Å². The number of nitrogens with one attached hydrogen (secondary N) is 1. The molecule has 2 heterocycles. The van der Waals surface area contributed by atoms with Crippen molar-refractivity contribution >= 4 is 17.1 Å². The molecule has 23 heavy (non-hydrogen) atoms. The van der Waals surface area contributed by atoms with Crippen molar-refractivity contribution in [2.45, 2.75) is 6.54 Å². The first-order chi connectivity index (χ1) is 11.1. The van der Waals surface area contributed by atoms with Gasteiger partial charge in [-0.05, 0) is 36.4 Å². The highest BCUT2D eigenvalue weighted by Gasteiger charge is 2.14. The zero-order valence-electron chi connectivity index (χ0n) is 12.7. The molecule has 0 bridgehead atoms. The zero-order valence-corrected chi connectivity index (χ0v) is 12.7. The summed E-state index contributed by atoms with van der Waals surface area (Å²) in [6.45, 7) is -0.138. The number of aromatic nitrogens is 2. The van der Waals surface area contributed by atoms with Crippen LogP contribution in [-0.2, 0) is 11.3 Å². The molecule has 7 heteroatoms. The highest BCUT2D eigenvalue weighted by Crippen LogP contribution is 2.23. The van der Waals surface area contributed by atoms with Crippen molar-refractivity contribution in [3.05, 3.63) is 46.9 Å². The van der Waals surface area contributed by atoms with Crippen LogP contribution in [-0.4, -0.2) is 29.6 Å². The molecular formula is C16H15N3O4. The Morgan fingerprint density at radius 1 is 1.26 bits per heavy atom. The van der Waals surface area contributed by atoms with Crippen LogP contribution >= 0.6 is 0 Å². The maximum absolute atomic E-state index is 11.9. The lowest BCUT2D eigenvalue weighted by Crippen LogP contribution is -2.28. The van der Waals surface area contributed by atoms with Crippen LogP contribution in [0.15, 0.2) is 45.6 Å². The second-order valence-corrected chi connectivity index (χ2v) is 4.87. The van der Waals surface area contributed by atoms with Crippen molar-refractivity contribution in [2.24, 2.45) is 0 Å². The first-order valence-electron chi connectivity index (χ1n) is 6.98. The monoisotopic (exact) mass is 313 g/mol. The molecule has 2 aromatic heterocycles. The summed E-state index contributed by atoms with van der Waals surface area (Å²) in [6.07, 6.45) is 0. The lowest BCUT2D eigenvalue weighted by molar-refractivity contribution is -0.121. The number of carbonyl (C=O) groups excluding carboxylic acids is 1. The zero-order chi connectivity index (χ0) is 16.4. The van der Waals surface area contributed by atoms with Gasteiger partial charge in [0.05, 0.1) is 12.8 Å². The van der Waals surface area contributed by atoms with Crippen LogP contribution in [0.1, 0.15) is 0 Å². The summed E-state index contributed by atoms with van der Waals surface area (Å²) in [6, 6.07) is 10.8. The number of fused-ring (bicyclic) bond motifs is 1. The van der Waals surface area contributed by atoms with Crippen LogP contribution in [0.25, 0.3) is 22.5 Å². The van der Waals surface area contributed by atoms with Crippen LogP contribution in [0.5, 0.6) is 5.75 Å². The van der Waals surface area contributed by atoms with Crippen molar-refractivity contribution in [3.63, 3.8) is 0 Å². The number of oxazole rings is 1. The van der Waals surface area contributed by atoms with Gasteiger partial charge in [-0.1, -0.05) is 0 Å². The standard InChI is InChI=1S/C16H15N3O4/c1-17-14(20)9-19-15-13(23-16(19)21)8-7-12(18-15)10-3-5-11(22-2)6-4-10/h3-8H,9H2,1-2H3,(H,17,20). The fourth-order valence-electron chi connectivity index (χ4n) is 2.23. The summed E-state index contributed by atoms with van der Waals surface area (Å²) in [7, 11) is 3.11.